The summed E-state index contributed by atoms with van der Waals surface area (Å²) in [6.45, 7) is 0. The molecule has 0 aliphatic carbocycles. The number of hydrogen-bond acceptors (Lipinski definition) is 7. The van der Waals surface area contributed by atoms with Gasteiger partial charge >= 0.3 is 0 Å². The lowest BCUT2D eigenvalue weighted by Gasteiger charge is -2.15. The van der Waals surface area contributed by atoms with Crippen molar-refractivity contribution in [2.75, 3.05) is 32.3 Å². The van der Waals surface area contributed by atoms with E-state index < -0.39 is 10.0 Å². The third-order valence-corrected chi connectivity index (χ3v) is 7.94. The number of anilines is 1. The molecule has 0 unspecified atom stereocenters. The number of sulfonamides is 1. The maximum absolute atomic E-state index is 12.5. The molecule has 1 heterocycles. The Morgan fingerprint density at radius 3 is 2.60 bits per heavy atom. The van der Waals surface area contributed by atoms with Crippen LogP contribution in [0.3, 0.4) is 0 Å². The molecule has 0 bridgehead atoms. The van der Waals surface area contributed by atoms with Crippen molar-refractivity contribution in [2.24, 2.45) is 0 Å². The van der Waals surface area contributed by atoms with Crippen molar-refractivity contribution in [3.8, 4) is 17.0 Å². The monoisotopic (exact) mass is 463 g/mol. The Kier molecular flexibility index (Phi) is 7.14. The number of ether oxygens (including phenoxy) is 1. The number of aromatic nitrogens is 1. The predicted molar refractivity (Wildman–Crippen MR) is 121 cm³/mol. The normalized spacial score (nSPS) is 11.5. The van der Waals surface area contributed by atoms with Crippen LogP contribution in [0.4, 0.5) is 5.69 Å². The van der Waals surface area contributed by atoms with Crippen LogP contribution >= 0.6 is 23.1 Å². The third-order valence-electron chi connectivity index (χ3n) is 4.10. The van der Waals surface area contributed by atoms with Crippen LogP contribution in [0.1, 0.15) is 0 Å². The molecule has 0 atom stereocenters. The average Bonchev–Trinajstić information content (AvgIpc) is 3.22. The number of thioether (sulfide) groups is 1. The molecule has 3 rings (SSSR count). The van der Waals surface area contributed by atoms with Gasteiger partial charge < -0.3 is 10.1 Å². The molecule has 0 saturated heterocycles. The molecule has 0 aliphatic heterocycles. The number of nitrogens with zero attached hydrogens (tertiary/aromatic N) is 2. The van der Waals surface area contributed by atoms with Gasteiger partial charge in [-0.05, 0) is 18.2 Å². The first-order valence-corrected chi connectivity index (χ1v) is 12.2. The number of carbonyl (C=O) groups is 1. The molecular formula is C20H21N3O4S3. The highest BCUT2D eigenvalue weighted by Gasteiger charge is 2.20. The van der Waals surface area contributed by atoms with E-state index in [4.69, 9.17) is 4.74 Å². The van der Waals surface area contributed by atoms with E-state index in [1.165, 1.54) is 62.5 Å². The Labute approximate surface area is 184 Å². The molecule has 0 aliphatic rings. The van der Waals surface area contributed by atoms with E-state index in [1.807, 2.05) is 35.7 Å². The largest absolute Gasteiger partial charge is 0.495 e. The number of thiazole rings is 1. The summed E-state index contributed by atoms with van der Waals surface area (Å²) >= 11 is 2.79. The minimum Gasteiger partial charge on any atom is -0.495 e. The molecule has 0 saturated carbocycles. The summed E-state index contributed by atoms with van der Waals surface area (Å²) < 4.78 is 31.9. The second-order valence-electron chi connectivity index (χ2n) is 6.35. The lowest BCUT2D eigenvalue weighted by molar-refractivity contribution is -0.113. The maximum atomic E-state index is 12.5. The maximum Gasteiger partial charge on any atom is 0.242 e. The van der Waals surface area contributed by atoms with E-state index in [-0.39, 0.29) is 16.6 Å². The summed E-state index contributed by atoms with van der Waals surface area (Å²) in [5.74, 6) is 0.232. The van der Waals surface area contributed by atoms with Gasteiger partial charge in [-0.25, -0.2) is 17.7 Å². The van der Waals surface area contributed by atoms with Crippen LogP contribution in [-0.2, 0) is 14.8 Å². The van der Waals surface area contributed by atoms with Gasteiger partial charge in [-0.1, -0.05) is 42.1 Å². The highest BCUT2D eigenvalue weighted by molar-refractivity contribution is 8.01. The van der Waals surface area contributed by atoms with Crippen molar-refractivity contribution in [1.82, 2.24) is 9.29 Å². The first-order valence-electron chi connectivity index (χ1n) is 8.85. The van der Waals surface area contributed by atoms with E-state index in [0.29, 0.717) is 11.4 Å². The fourth-order valence-electron chi connectivity index (χ4n) is 2.53. The quantitative estimate of drug-likeness (QED) is 0.511. The number of rotatable bonds is 8. The molecule has 2 aromatic carbocycles. The standard InChI is InChI=1S/C20H21N3O4S3/c1-23(2)30(25,26)15-9-10-18(27-3)16(11-15)21-19(24)13-29-20-22-17(12-28-20)14-7-5-4-6-8-14/h4-12H,13H2,1-3H3,(H,21,24). The third kappa shape index (κ3) is 5.20. The molecule has 158 valence electrons. The van der Waals surface area contributed by atoms with Crippen LogP contribution < -0.4 is 10.1 Å². The van der Waals surface area contributed by atoms with Crippen molar-refractivity contribution >= 4 is 44.7 Å². The SMILES string of the molecule is COc1ccc(S(=O)(=O)N(C)C)cc1NC(=O)CSc1nc(-c2ccccc2)cs1. The van der Waals surface area contributed by atoms with Crippen LogP contribution in [0, 0.1) is 0 Å². The minimum absolute atomic E-state index is 0.0729. The number of benzene rings is 2. The topological polar surface area (TPSA) is 88.6 Å². The van der Waals surface area contributed by atoms with Crippen molar-refractivity contribution in [2.45, 2.75) is 9.24 Å². The van der Waals surface area contributed by atoms with Gasteiger partial charge in [0.25, 0.3) is 0 Å². The summed E-state index contributed by atoms with van der Waals surface area (Å²) in [7, 11) is 0.734. The average molecular weight is 464 g/mol. The molecule has 1 amide bonds. The van der Waals surface area contributed by atoms with Crippen molar-refractivity contribution < 1.29 is 17.9 Å². The number of methoxy groups -OCH3 is 1. The predicted octanol–water partition coefficient (Wildman–Crippen LogP) is 3.80. The summed E-state index contributed by atoms with van der Waals surface area (Å²) in [6, 6.07) is 14.2. The molecule has 0 fully saturated rings. The smallest absolute Gasteiger partial charge is 0.242 e. The Balaban J connectivity index is 1.68. The molecule has 1 aromatic heterocycles. The second kappa shape index (κ2) is 9.61. The number of carbonyl (C=O) groups excluding carboxylic acids is 1. The zero-order valence-electron chi connectivity index (χ0n) is 16.7. The highest BCUT2D eigenvalue weighted by atomic mass is 32.2. The van der Waals surface area contributed by atoms with Gasteiger partial charge in [-0.2, -0.15) is 0 Å². The van der Waals surface area contributed by atoms with Crippen LogP contribution in [0.2, 0.25) is 0 Å². The number of nitrogens with one attached hydrogen (secondary N) is 1. The Hall–Kier alpha value is -2.40. The van der Waals surface area contributed by atoms with Gasteiger partial charge in [-0.3, -0.25) is 4.79 Å². The summed E-state index contributed by atoms with van der Waals surface area (Å²) in [6.07, 6.45) is 0. The summed E-state index contributed by atoms with van der Waals surface area (Å²) in [4.78, 5) is 17.1. The number of hydrogen-bond donors (Lipinski definition) is 1. The molecule has 0 radical (unpaired) electrons. The van der Waals surface area contributed by atoms with Crippen molar-refractivity contribution in [3.05, 3.63) is 53.9 Å². The molecule has 0 spiro atoms. The van der Waals surface area contributed by atoms with Gasteiger partial charge in [0.1, 0.15) is 5.75 Å². The summed E-state index contributed by atoms with van der Waals surface area (Å²) in [5, 5.41) is 4.68. The van der Waals surface area contributed by atoms with Crippen LogP contribution in [0.25, 0.3) is 11.3 Å². The Bertz CT molecular complexity index is 1130. The highest BCUT2D eigenvalue weighted by Crippen LogP contribution is 2.30. The van der Waals surface area contributed by atoms with Gasteiger partial charge in [0.2, 0.25) is 15.9 Å². The molecular weight excluding hydrogens is 442 g/mol. The minimum atomic E-state index is -3.63. The van der Waals surface area contributed by atoms with Crippen molar-refractivity contribution in [3.63, 3.8) is 0 Å². The molecule has 7 nitrogen and oxygen atoms in total. The van der Waals surface area contributed by atoms with E-state index in [1.54, 1.807) is 0 Å². The van der Waals surface area contributed by atoms with Crippen molar-refractivity contribution in [1.29, 1.82) is 0 Å². The fourth-order valence-corrected chi connectivity index (χ4v) is 5.10. The zero-order chi connectivity index (χ0) is 21.7. The van der Waals surface area contributed by atoms with E-state index >= 15 is 0 Å². The van der Waals surface area contributed by atoms with E-state index in [9.17, 15) is 13.2 Å². The molecule has 30 heavy (non-hydrogen) atoms. The summed E-state index contributed by atoms with van der Waals surface area (Å²) in [5.41, 5.74) is 2.19. The Morgan fingerprint density at radius 1 is 1.20 bits per heavy atom. The van der Waals surface area contributed by atoms with Crippen LogP contribution in [0.15, 0.2) is 63.1 Å². The van der Waals surface area contributed by atoms with E-state index in [0.717, 1.165) is 19.9 Å². The lowest BCUT2D eigenvalue weighted by Crippen LogP contribution is -2.22. The first-order chi connectivity index (χ1) is 14.3. The fraction of sp³-hybridized carbons (Fsp3) is 0.200. The molecule has 3 aromatic rings. The lowest BCUT2D eigenvalue weighted by atomic mass is 10.2. The second-order valence-corrected chi connectivity index (χ2v) is 10.6. The van der Waals surface area contributed by atoms with Crippen LogP contribution in [0.5, 0.6) is 5.75 Å². The van der Waals surface area contributed by atoms with Gasteiger partial charge in [0, 0.05) is 25.0 Å². The molecule has 1 N–H and O–H groups in total. The van der Waals surface area contributed by atoms with Gasteiger partial charge in [0.15, 0.2) is 4.34 Å². The Morgan fingerprint density at radius 2 is 1.93 bits per heavy atom. The van der Waals surface area contributed by atoms with Gasteiger partial charge in [0.05, 0.1) is 29.1 Å². The van der Waals surface area contributed by atoms with Crippen LogP contribution in [-0.4, -0.2) is 50.6 Å². The first kappa shape index (κ1) is 22.3. The van der Waals surface area contributed by atoms with Gasteiger partial charge in [-0.15, -0.1) is 11.3 Å². The number of amides is 1. The zero-order valence-corrected chi connectivity index (χ0v) is 19.1. The van der Waals surface area contributed by atoms with E-state index in [2.05, 4.69) is 10.3 Å². The molecule has 10 heteroatoms.